The average molecular weight is 175 g/mol. The van der Waals surface area contributed by atoms with E-state index in [-0.39, 0.29) is 6.61 Å². The number of hydrogen-bond acceptors (Lipinski definition) is 3. The van der Waals surface area contributed by atoms with E-state index >= 15 is 0 Å². The van der Waals surface area contributed by atoms with E-state index in [1.165, 1.54) is 6.33 Å². The van der Waals surface area contributed by atoms with E-state index in [4.69, 9.17) is 10.4 Å². The highest BCUT2D eigenvalue weighted by atomic mass is 16.2. The first-order valence-corrected chi connectivity index (χ1v) is 3.91. The Hall–Kier alpha value is -1.78. The maximum Gasteiger partial charge on any atom is 0.174 e. The number of rotatable bonds is 2. The van der Waals surface area contributed by atoms with Gasteiger partial charge in [-0.15, -0.1) is 0 Å². The van der Waals surface area contributed by atoms with Crippen LogP contribution < -0.4 is 0 Å². The van der Waals surface area contributed by atoms with Crippen LogP contribution in [0, 0.1) is 23.2 Å². The standard InChI is InChI=1S/C9H9N3O/c10-6-9-8(11-7-12-9)4-2-1-3-5-13/h7,13H,1,3,5H2,(H,11,12). The van der Waals surface area contributed by atoms with E-state index < -0.39 is 0 Å². The summed E-state index contributed by atoms with van der Waals surface area (Å²) in [5, 5.41) is 17.1. The topological polar surface area (TPSA) is 72.7 Å². The number of aromatic nitrogens is 2. The van der Waals surface area contributed by atoms with Gasteiger partial charge in [0.05, 0.1) is 6.33 Å². The first-order valence-electron chi connectivity index (χ1n) is 3.91. The smallest absolute Gasteiger partial charge is 0.174 e. The summed E-state index contributed by atoms with van der Waals surface area (Å²) in [5.74, 6) is 5.61. The van der Waals surface area contributed by atoms with Crippen molar-refractivity contribution in [2.75, 3.05) is 6.61 Å². The molecule has 0 aliphatic heterocycles. The van der Waals surface area contributed by atoms with Crippen molar-refractivity contribution in [3.8, 4) is 17.9 Å². The van der Waals surface area contributed by atoms with Crippen LogP contribution in [0.1, 0.15) is 24.2 Å². The summed E-state index contributed by atoms with van der Waals surface area (Å²) < 4.78 is 0. The first kappa shape index (κ1) is 9.31. The molecule has 0 unspecified atom stereocenters. The average Bonchev–Trinajstić information content (AvgIpc) is 2.60. The number of nitrogens with zero attached hydrogens (tertiary/aromatic N) is 2. The van der Waals surface area contributed by atoms with Crippen LogP contribution in [-0.4, -0.2) is 21.7 Å². The van der Waals surface area contributed by atoms with Gasteiger partial charge in [-0.05, 0) is 12.3 Å². The van der Waals surface area contributed by atoms with Crippen molar-refractivity contribution in [3.05, 3.63) is 17.7 Å². The number of H-pyrrole nitrogens is 1. The number of nitrogens with one attached hydrogen (secondary N) is 1. The van der Waals surface area contributed by atoms with E-state index in [9.17, 15) is 0 Å². The molecule has 0 saturated carbocycles. The molecule has 0 bridgehead atoms. The minimum absolute atomic E-state index is 0.142. The zero-order valence-corrected chi connectivity index (χ0v) is 7.04. The van der Waals surface area contributed by atoms with Crippen LogP contribution in [0.25, 0.3) is 0 Å². The number of aliphatic hydroxyl groups is 1. The molecule has 0 saturated heterocycles. The molecule has 0 spiro atoms. The fourth-order valence-electron chi connectivity index (χ4n) is 0.793. The van der Waals surface area contributed by atoms with Crippen LogP contribution in [0.2, 0.25) is 0 Å². The molecule has 0 radical (unpaired) electrons. The Morgan fingerprint density at radius 2 is 2.46 bits per heavy atom. The van der Waals surface area contributed by atoms with Gasteiger partial charge < -0.3 is 10.1 Å². The molecular weight excluding hydrogens is 166 g/mol. The highest BCUT2D eigenvalue weighted by Crippen LogP contribution is 1.97. The normalized spacial score (nSPS) is 8.62. The van der Waals surface area contributed by atoms with Crippen molar-refractivity contribution in [2.45, 2.75) is 12.8 Å². The lowest BCUT2D eigenvalue weighted by molar-refractivity contribution is 0.290. The maximum atomic E-state index is 8.57. The molecule has 0 amide bonds. The van der Waals surface area contributed by atoms with Crippen LogP contribution in [0.4, 0.5) is 0 Å². The summed E-state index contributed by atoms with van der Waals surface area (Å²) in [6.45, 7) is 0.142. The van der Waals surface area contributed by atoms with Gasteiger partial charge in [0.25, 0.3) is 0 Å². The highest BCUT2D eigenvalue weighted by molar-refractivity contribution is 5.38. The van der Waals surface area contributed by atoms with Gasteiger partial charge in [0.1, 0.15) is 11.8 Å². The molecule has 1 aromatic heterocycles. The van der Waals surface area contributed by atoms with Gasteiger partial charge in [0, 0.05) is 13.0 Å². The number of aromatic amines is 1. The lowest BCUT2D eigenvalue weighted by Gasteiger charge is -1.84. The molecular formula is C9H9N3O. The van der Waals surface area contributed by atoms with Gasteiger partial charge in [0.2, 0.25) is 0 Å². The Morgan fingerprint density at radius 1 is 1.62 bits per heavy atom. The number of nitriles is 1. The minimum Gasteiger partial charge on any atom is -0.396 e. The van der Waals surface area contributed by atoms with Crippen LogP contribution >= 0.6 is 0 Å². The second-order valence-corrected chi connectivity index (χ2v) is 2.37. The van der Waals surface area contributed by atoms with Crippen LogP contribution in [0.5, 0.6) is 0 Å². The summed E-state index contributed by atoms with van der Waals surface area (Å²) in [7, 11) is 0. The van der Waals surface area contributed by atoms with E-state index in [0.717, 1.165) is 0 Å². The second kappa shape index (κ2) is 4.97. The van der Waals surface area contributed by atoms with Gasteiger partial charge in [0.15, 0.2) is 5.69 Å². The van der Waals surface area contributed by atoms with Gasteiger partial charge in [-0.2, -0.15) is 5.26 Å². The third kappa shape index (κ3) is 2.62. The van der Waals surface area contributed by atoms with E-state index in [1.807, 2.05) is 6.07 Å². The molecule has 0 atom stereocenters. The van der Waals surface area contributed by atoms with Gasteiger partial charge in [-0.25, -0.2) is 4.98 Å². The van der Waals surface area contributed by atoms with E-state index in [2.05, 4.69) is 21.8 Å². The number of aliphatic hydroxyl groups excluding tert-OH is 1. The third-order valence-corrected chi connectivity index (χ3v) is 1.42. The molecule has 4 heteroatoms. The lowest BCUT2D eigenvalue weighted by Crippen LogP contribution is -1.82. The summed E-state index contributed by atoms with van der Waals surface area (Å²) >= 11 is 0. The number of unbranched alkanes of at least 4 members (excludes halogenated alkanes) is 1. The fourth-order valence-corrected chi connectivity index (χ4v) is 0.793. The molecule has 0 aromatic carbocycles. The van der Waals surface area contributed by atoms with Crippen LogP contribution in [0.15, 0.2) is 6.33 Å². The molecule has 13 heavy (non-hydrogen) atoms. The Kier molecular flexibility index (Phi) is 3.56. The minimum atomic E-state index is 0.142. The fraction of sp³-hybridized carbons (Fsp3) is 0.333. The summed E-state index contributed by atoms with van der Waals surface area (Å²) in [6.07, 6.45) is 2.72. The van der Waals surface area contributed by atoms with Crippen molar-refractivity contribution < 1.29 is 5.11 Å². The molecule has 1 heterocycles. The van der Waals surface area contributed by atoms with Gasteiger partial charge in [-0.1, -0.05) is 5.92 Å². The summed E-state index contributed by atoms with van der Waals surface area (Å²) in [5.41, 5.74) is 0.858. The van der Waals surface area contributed by atoms with Crippen molar-refractivity contribution in [1.82, 2.24) is 9.97 Å². The zero-order chi connectivity index (χ0) is 9.52. The predicted molar refractivity (Wildman–Crippen MR) is 46.5 cm³/mol. The molecule has 66 valence electrons. The van der Waals surface area contributed by atoms with Crippen LogP contribution in [-0.2, 0) is 0 Å². The summed E-state index contributed by atoms with van der Waals surface area (Å²) in [6, 6.07) is 1.92. The number of hydrogen-bond donors (Lipinski definition) is 2. The lowest BCUT2D eigenvalue weighted by atomic mass is 10.3. The Morgan fingerprint density at radius 3 is 3.15 bits per heavy atom. The molecule has 0 aliphatic rings. The maximum absolute atomic E-state index is 8.57. The Balaban J connectivity index is 2.62. The van der Waals surface area contributed by atoms with Gasteiger partial charge in [-0.3, -0.25) is 0 Å². The predicted octanol–water partition coefficient (Wildman–Crippen LogP) is 0.405. The van der Waals surface area contributed by atoms with Crippen LogP contribution in [0.3, 0.4) is 0 Å². The quantitative estimate of drug-likeness (QED) is 0.505. The largest absolute Gasteiger partial charge is 0.396 e. The summed E-state index contributed by atoms with van der Waals surface area (Å²) in [4.78, 5) is 6.53. The molecule has 2 N–H and O–H groups in total. The Labute approximate surface area is 76.2 Å². The number of imidazole rings is 1. The second-order valence-electron chi connectivity index (χ2n) is 2.37. The molecule has 4 nitrogen and oxygen atoms in total. The van der Waals surface area contributed by atoms with Gasteiger partial charge >= 0.3 is 0 Å². The molecule has 0 aliphatic carbocycles. The molecule has 0 fully saturated rings. The Bertz CT molecular complexity index is 364. The zero-order valence-electron chi connectivity index (χ0n) is 7.04. The monoisotopic (exact) mass is 175 g/mol. The molecule has 1 aromatic rings. The van der Waals surface area contributed by atoms with Crippen molar-refractivity contribution in [1.29, 1.82) is 5.26 Å². The molecule has 1 rings (SSSR count). The first-order chi connectivity index (χ1) is 6.38. The van der Waals surface area contributed by atoms with E-state index in [1.54, 1.807) is 0 Å². The SMILES string of the molecule is N#Cc1nc[nH]c1C#CCCCO. The van der Waals surface area contributed by atoms with E-state index in [0.29, 0.717) is 24.2 Å². The third-order valence-electron chi connectivity index (χ3n) is 1.42. The van der Waals surface area contributed by atoms with Crippen molar-refractivity contribution >= 4 is 0 Å². The van der Waals surface area contributed by atoms with Crippen molar-refractivity contribution in [3.63, 3.8) is 0 Å². The highest BCUT2D eigenvalue weighted by Gasteiger charge is 1.98. The van der Waals surface area contributed by atoms with Crippen molar-refractivity contribution in [2.24, 2.45) is 0 Å².